The van der Waals surface area contributed by atoms with Gasteiger partial charge in [-0.2, -0.15) is 0 Å². The minimum Gasteiger partial charge on any atom is -0.468 e. The quantitative estimate of drug-likeness (QED) is 0.613. The van der Waals surface area contributed by atoms with Crippen molar-refractivity contribution in [3.63, 3.8) is 0 Å². The standard InChI is InChI=1S/C11H22N2O5S/c1-8(2)13(7-10(14)18-3)11(15)9(12)5-6-19(4,16)17/h8-9H,5-7,12H2,1-4H3. The van der Waals surface area contributed by atoms with Crippen LogP contribution in [-0.4, -0.2) is 62.9 Å². The number of ether oxygens (including phenoxy) is 1. The summed E-state index contributed by atoms with van der Waals surface area (Å²) in [4.78, 5) is 24.5. The van der Waals surface area contributed by atoms with Crippen LogP contribution in [0, 0.1) is 0 Å². The third-order valence-electron chi connectivity index (χ3n) is 2.55. The van der Waals surface area contributed by atoms with Gasteiger partial charge < -0.3 is 15.4 Å². The molecule has 0 saturated heterocycles. The van der Waals surface area contributed by atoms with Crippen molar-refractivity contribution >= 4 is 21.7 Å². The summed E-state index contributed by atoms with van der Waals surface area (Å²) in [5, 5.41) is 0. The summed E-state index contributed by atoms with van der Waals surface area (Å²) in [6.45, 7) is 3.29. The van der Waals surface area contributed by atoms with Crippen molar-refractivity contribution in [3.8, 4) is 0 Å². The van der Waals surface area contributed by atoms with Gasteiger partial charge in [0.1, 0.15) is 16.4 Å². The third kappa shape index (κ3) is 7.12. The molecule has 19 heavy (non-hydrogen) atoms. The van der Waals surface area contributed by atoms with Crippen molar-refractivity contribution in [1.82, 2.24) is 4.90 Å². The minimum absolute atomic E-state index is 0.0298. The zero-order valence-corrected chi connectivity index (χ0v) is 12.6. The molecule has 1 amide bonds. The molecule has 0 aliphatic heterocycles. The zero-order valence-electron chi connectivity index (χ0n) is 11.8. The van der Waals surface area contributed by atoms with Crippen molar-refractivity contribution in [2.24, 2.45) is 5.73 Å². The number of nitrogens with zero attached hydrogens (tertiary/aromatic N) is 1. The van der Waals surface area contributed by atoms with Gasteiger partial charge in [0.15, 0.2) is 0 Å². The Balaban J connectivity index is 4.67. The van der Waals surface area contributed by atoms with E-state index in [9.17, 15) is 18.0 Å². The van der Waals surface area contributed by atoms with Crippen molar-refractivity contribution in [3.05, 3.63) is 0 Å². The molecule has 0 bridgehead atoms. The second kappa shape index (κ2) is 7.44. The summed E-state index contributed by atoms with van der Waals surface area (Å²) in [6, 6.07) is -1.17. The number of hydrogen-bond donors (Lipinski definition) is 1. The van der Waals surface area contributed by atoms with Crippen molar-refractivity contribution in [1.29, 1.82) is 0 Å². The maximum absolute atomic E-state index is 12.1. The Morgan fingerprint density at radius 3 is 2.21 bits per heavy atom. The molecular formula is C11H22N2O5S. The van der Waals surface area contributed by atoms with Gasteiger partial charge in [-0.1, -0.05) is 0 Å². The molecule has 0 heterocycles. The first-order valence-electron chi connectivity index (χ1n) is 5.89. The summed E-state index contributed by atoms with van der Waals surface area (Å²) in [6.07, 6.45) is 1.11. The second-order valence-electron chi connectivity index (χ2n) is 4.66. The second-order valence-corrected chi connectivity index (χ2v) is 6.92. The number of carbonyl (C=O) groups is 2. The molecule has 0 saturated carbocycles. The van der Waals surface area contributed by atoms with Crippen LogP contribution in [0.5, 0.6) is 0 Å². The Kier molecular flexibility index (Phi) is 6.99. The Morgan fingerprint density at radius 2 is 1.84 bits per heavy atom. The molecule has 0 aromatic rings. The van der Waals surface area contributed by atoms with Crippen LogP contribution in [0.1, 0.15) is 20.3 Å². The van der Waals surface area contributed by atoms with Gasteiger partial charge in [-0.15, -0.1) is 0 Å². The largest absolute Gasteiger partial charge is 0.468 e. The van der Waals surface area contributed by atoms with Crippen LogP contribution >= 0.6 is 0 Å². The van der Waals surface area contributed by atoms with Gasteiger partial charge >= 0.3 is 5.97 Å². The van der Waals surface area contributed by atoms with E-state index in [1.165, 1.54) is 12.0 Å². The Morgan fingerprint density at radius 1 is 1.32 bits per heavy atom. The highest BCUT2D eigenvalue weighted by Crippen LogP contribution is 2.05. The molecule has 112 valence electrons. The van der Waals surface area contributed by atoms with E-state index in [4.69, 9.17) is 5.73 Å². The Hall–Kier alpha value is -1.15. The molecule has 0 aromatic heterocycles. The van der Waals surface area contributed by atoms with Crippen LogP contribution in [0.3, 0.4) is 0 Å². The molecule has 0 radical (unpaired) electrons. The monoisotopic (exact) mass is 294 g/mol. The number of rotatable bonds is 7. The van der Waals surface area contributed by atoms with Crippen molar-refractivity contribution in [2.45, 2.75) is 32.4 Å². The van der Waals surface area contributed by atoms with E-state index in [1.807, 2.05) is 0 Å². The molecule has 0 aliphatic carbocycles. The van der Waals surface area contributed by atoms with Crippen molar-refractivity contribution in [2.75, 3.05) is 25.7 Å². The number of nitrogens with two attached hydrogens (primary N) is 1. The van der Waals surface area contributed by atoms with E-state index in [-0.39, 0.29) is 24.8 Å². The highest BCUT2D eigenvalue weighted by molar-refractivity contribution is 7.90. The van der Waals surface area contributed by atoms with Gasteiger partial charge in [-0.05, 0) is 20.3 Å². The molecule has 0 aromatic carbocycles. The van der Waals surface area contributed by atoms with E-state index >= 15 is 0 Å². The fraction of sp³-hybridized carbons (Fsp3) is 0.818. The Labute approximate surface area is 114 Å². The highest BCUT2D eigenvalue weighted by Gasteiger charge is 2.26. The molecular weight excluding hydrogens is 272 g/mol. The number of hydrogen-bond acceptors (Lipinski definition) is 6. The molecule has 1 atom stereocenters. The van der Waals surface area contributed by atoms with E-state index < -0.39 is 27.8 Å². The van der Waals surface area contributed by atoms with Crippen LogP contribution in [0.15, 0.2) is 0 Å². The first kappa shape index (κ1) is 17.8. The molecule has 1 unspecified atom stereocenters. The summed E-state index contributed by atoms with van der Waals surface area (Å²) in [5.41, 5.74) is 5.67. The smallest absolute Gasteiger partial charge is 0.325 e. The summed E-state index contributed by atoms with van der Waals surface area (Å²) in [7, 11) is -1.94. The predicted molar refractivity (Wildman–Crippen MR) is 71.2 cm³/mol. The van der Waals surface area contributed by atoms with Crippen LogP contribution in [0.25, 0.3) is 0 Å². The average Bonchev–Trinajstić information content (AvgIpc) is 2.30. The normalized spacial score (nSPS) is 13.2. The molecule has 0 fully saturated rings. The van der Waals surface area contributed by atoms with Gasteiger partial charge in [0.05, 0.1) is 18.9 Å². The molecule has 0 spiro atoms. The first-order chi connectivity index (χ1) is 8.58. The molecule has 7 nitrogen and oxygen atoms in total. The van der Waals surface area contributed by atoms with E-state index in [1.54, 1.807) is 13.8 Å². The van der Waals surface area contributed by atoms with Crippen LogP contribution in [0.2, 0.25) is 0 Å². The van der Waals surface area contributed by atoms with Crippen LogP contribution in [0.4, 0.5) is 0 Å². The predicted octanol–water partition coefficient (Wildman–Crippen LogP) is -0.842. The maximum Gasteiger partial charge on any atom is 0.325 e. The number of esters is 1. The average molecular weight is 294 g/mol. The maximum atomic E-state index is 12.1. The lowest BCUT2D eigenvalue weighted by Gasteiger charge is -2.28. The molecule has 0 aliphatic rings. The third-order valence-corrected chi connectivity index (χ3v) is 3.53. The van der Waals surface area contributed by atoms with Crippen LogP contribution < -0.4 is 5.73 Å². The van der Waals surface area contributed by atoms with Gasteiger partial charge in [-0.3, -0.25) is 9.59 Å². The first-order valence-corrected chi connectivity index (χ1v) is 7.95. The van der Waals surface area contributed by atoms with Gasteiger partial charge in [-0.25, -0.2) is 8.42 Å². The van der Waals surface area contributed by atoms with Crippen molar-refractivity contribution < 1.29 is 22.7 Å². The van der Waals surface area contributed by atoms with E-state index in [0.717, 1.165) is 6.26 Å². The number of sulfone groups is 1. The lowest BCUT2D eigenvalue weighted by atomic mass is 10.2. The minimum atomic E-state index is -3.17. The topological polar surface area (TPSA) is 107 Å². The molecule has 0 rings (SSSR count). The Bertz CT molecular complexity index is 419. The number of methoxy groups -OCH3 is 1. The number of amides is 1. The van der Waals surface area contributed by atoms with Gasteiger partial charge in [0, 0.05) is 12.3 Å². The van der Waals surface area contributed by atoms with Gasteiger partial charge in [0.25, 0.3) is 0 Å². The summed E-state index contributed by atoms with van der Waals surface area (Å²) in [5.74, 6) is -1.16. The molecule has 2 N–H and O–H groups in total. The van der Waals surface area contributed by atoms with E-state index in [2.05, 4.69) is 4.74 Å². The fourth-order valence-electron chi connectivity index (χ4n) is 1.40. The summed E-state index contributed by atoms with van der Waals surface area (Å²) < 4.78 is 26.6. The van der Waals surface area contributed by atoms with Crippen LogP contribution in [-0.2, 0) is 24.2 Å². The van der Waals surface area contributed by atoms with E-state index in [0.29, 0.717) is 0 Å². The lowest BCUT2D eigenvalue weighted by molar-refractivity contribution is -0.148. The zero-order chi connectivity index (χ0) is 15.2. The highest BCUT2D eigenvalue weighted by atomic mass is 32.2. The fourth-order valence-corrected chi connectivity index (χ4v) is 2.08. The lowest BCUT2D eigenvalue weighted by Crippen LogP contribution is -2.49. The SMILES string of the molecule is COC(=O)CN(C(=O)C(N)CCS(C)(=O)=O)C(C)C. The molecule has 8 heteroatoms. The van der Waals surface area contributed by atoms with Gasteiger partial charge in [0.2, 0.25) is 5.91 Å². The summed E-state index contributed by atoms with van der Waals surface area (Å²) >= 11 is 0. The number of carbonyl (C=O) groups excluding carboxylic acids is 2.